The first-order chi connectivity index (χ1) is 9.43. The van der Waals surface area contributed by atoms with Crippen LogP contribution in [-0.4, -0.2) is 7.05 Å². The number of halogens is 3. The fourth-order valence-corrected chi connectivity index (χ4v) is 2.24. The Morgan fingerprint density at radius 2 is 1.70 bits per heavy atom. The third kappa shape index (κ3) is 3.02. The van der Waals surface area contributed by atoms with Crippen LogP contribution in [0.25, 0.3) is 11.1 Å². The van der Waals surface area contributed by atoms with Crippen molar-refractivity contribution >= 4 is 0 Å². The Morgan fingerprint density at radius 1 is 1.00 bits per heavy atom. The smallest absolute Gasteiger partial charge is 0.316 e. The summed E-state index contributed by atoms with van der Waals surface area (Å²) in [6.07, 6.45) is -4.35. The molecule has 1 nitrogen and oxygen atoms in total. The molecule has 0 radical (unpaired) electrons. The van der Waals surface area contributed by atoms with Crippen molar-refractivity contribution in [2.45, 2.75) is 19.6 Å². The quantitative estimate of drug-likeness (QED) is 0.878. The van der Waals surface area contributed by atoms with E-state index in [1.54, 1.807) is 6.07 Å². The summed E-state index contributed by atoms with van der Waals surface area (Å²) in [5, 5.41) is 3.00. The second-order valence-corrected chi connectivity index (χ2v) is 4.72. The molecule has 2 aromatic carbocycles. The lowest BCUT2D eigenvalue weighted by Crippen LogP contribution is -2.08. The molecule has 2 aromatic rings. The van der Waals surface area contributed by atoms with E-state index in [1.165, 1.54) is 12.1 Å². The van der Waals surface area contributed by atoms with Crippen LogP contribution < -0.4 is 5.32 Å². The minimum atomic E-state index is -4.35. The van der Waals surface area contributed by atoms with Gasteiger partial charge in [0, 0.05) is 6.54 Å². The van der Waals surface area contributed by atoms with E-state index in [0.717, 1.165) is 17.2 Å². The van der Waals surface area contributed by atoms with Crippen molar-refractivity contribution in [2.75, 3.05) is 7.05 Å². The van der Waals surface area contributed by atoms with Crippen molar-refractivity contribution in [1.82, 2.24) is 5.32 Å². The number of rotatable bonds is 3. The molecule has 0 fully saturated rings. The van der Waals surface area contributed by atoms with Gasteiger partial charge in [-0.1, -0.05) is 30.3 Å². The van der Waals surface area contributed by atoms with Crippen LogP contribution in [0, 0.1) is 6.92 Å². The predicted molar refractivity (Wildman–Crippen MR) is 74.4 cm³/mol. The number of aryl methyl sites for hydroxylation is 1. The molecule has 0 amide bonds. The molecule has 0 aromatic heterocycles. The second kappa shape index (κ2) is 5.67. The molecule has 0 saturated heterocycles. The molecule has 106 valence electrons. The Bertz CT molecular complexity index is 603. The lowest BCUT2D eigenvalue weighted by molar-refractivity contribution is -0.137. The van der Waals surface area contributed by atoms with Crippen LogP contribution in [0.2, 0.25) is 0 Å². The van der Waals surface area contributed by atoms with E-state index in [0.29, 0.717) is 12.1 Å². The summed E-state index contributed by atoms with van der Waals surface area (Å²) in [6.45, 7) is 2.45. The molecule has 0 heterocycles. The minimum absolute atomic E-state index is 0.232. The Balaban J connectivity index is 2.59. The standard InChI is InChI=1S/C16H16F3N/c1-11-7-8-12(10-20-2)9-14(11)13-5-3-4-6-15(13)16(17,18)19/h3-9,20H,10H2,1-2H3. The van der Waals surface area contributed by atoms with Gasteiger partial charge in [-0.2, -0.15) is 13.2 Å². The van der Waals surface area contributed by atoms with Gasteiger partial charge in [0.1, 0.15) is 0 Å². The van der Waals surface area contributed by atoms with Gasteiger partial charge < -0.3 is 5.32 Å². The van der Waals surface area contributed by atoms with Crippen LogP contribution in [0.3, 0.4) is 0 Å². The summed E-state index contributed by atoms with van der Waals surface area (Å²) in [5.74, 6) is 0. The fraction of sp³-hybridized carbons (Fsp3) is 0.250. The molecular formula is C16H16F3N. The van der Waals surface area contributed by atoms with Gasteiger partial charge in [-0.05, 0) is 48.4 Å². The topological polar surface area (TPSA) is 12.0 Å². The summed E-state index contributed by atoms with van der Waals surface area (Å²) >= 11 is 0. The van der Waals surface area contributed by atoms with E-state index in [-0.39, 0.29) is 5.56 Å². The molecule has 0 spiro atoms. The number of hydrogen-bond donors (Lipinski definition) is 1. The Kier molecular flexibility index (Phi) is 4.14. The summed E-state index contributed by atoms with van der Waals surface area (Å²) in [7, 11) is 1.81. The van der Waals surface area contributed by atoms with Crippen molar-refractivity contribution in [2.24, 2.45) is 0 Å². The lowest BCUT2D eigenvalue weighted by atomic mass is 9.94. The zero-order valence-corrected chi connectivity index (χ0v) is 11.4. The molecule has 1 N–H and O–H groups in total. The number of nitrogens with one attached hydrogen (secondary N) is 1. The number of benzene rings is 2. The van der Waals surface area contributed by atoms with Gasteiger partial charge in [0.15, 0.2) is 0 Å². The zero-order chi connectivity index (χ0) is 14.8. The van der Waals surface area contributed by atoms with Crippen molar-refractivity contribution in [3.63, 3.8) is 0 Å². The average Bonchev–Trinajstić information content (AvgIpc) is 2.40. The molecule has 0 saturated carbocycles. The highest BCUT2D eigenvalue weighted by molar-refractivity contribution is 5.71. The van der Waals surface area contributed by atoms with Gasteiger partial charge in [0.2, 0.25) is 0 Å². The third-order valence-corrected chi connectivity index (χ3v) is 3.21. The largest absolute Gasteiger partial charge is 0.417 e. The van der Waals surface area contributed by atoms with Crippen LogP contribution in [-0.2, 0) is 12.7 Å². The summed E-state index contributed by atoms with van der Waals surface area (Å²) in [4.78, 5) is 0. The average molecular weight is 279 g/mol. The maximum atomic E-state index is 13.1. The van der Waals surface area contributed by atoms with Crippen molar-refractivity contribution in [3.8, 4) is 11.1 Å². The Hall–Kier alpha value is -1.81. The van der Waals surface area contributed by atoms with Gasteiger partial charge in [-0.3, -0.25) is 0 Å². The zero-order valence-electron chi connectivity index (χ0n) is 11.4. The highest BCUT2D eigenvalue weighted by Gasteiger charge is 2.33. The van der Waals surface area contributed by atoms with Crippen molar-refractivity contribution in [3.05, 3.63) is 59.2 Å². The highest BCUT2D eigenvalue weighted by Crippen LogP contribution is 2.38. The van der Waals surface area contributed by atoms with E-state index in [1.807, 2.05) is 32.2 Å². The van der Waals surface area contributed by atoms with E-state index < -0.39 is 11.7 Å². The molecule has 0 aliphatic rings. The van der Waals surface area contributed by atoms with Crippen LogP contribution >= 0.6 is 0 Å². The van der Waals surface area contributed by atoms with Crippen LogP contribution in [0.1, 0.15) is 16.7 Å². The molecule has 0 aliphatic heterocycles. The summed E-state index contributed by atoms with van der Waals surface area (Å²) < 4.78 is 39.3. The van der Waals surface area contributed by atoms with E-state index in [2.05, 4.69) is 5.32 Å². The van der Waals surface area contributed by atoms with E-state index in [4.69, 9.17) is 0 Å². The molecule has 0 bridgehead atoms. The minimum Gasteiger partial charge on any atom is -0.316 e. The maximum Gasteiger partial charge on any atom is 0.417 e. The van der Waals surface area contributed by atoms with Gasteiger partial charge in [-0.25, -0.2) is 0 Å². The Morgan fingerprint density at radius 3 is 2.35 bits per heavy atom. The summed E-state index contributed by atoms with van der Waals surface area (Å²) in [6, 6.07) is 11.3. The van der Waals surface area contributed by atoms with E-state index in [9.17, 15) is 13.2 Å². The van der Waals surface area contributed by atoms with Crippen LogP contribution in [0.5, 0.6) is 0 Å². The lowest BCUT2D eigenvalue weighted by Gasteiger charge is -2.15. The monoisotopic (exact) mass is 279 g/mol. The SMILES string of the molecule is CNCc1ccc(C)c(-c2ccccc2C(F)(F)F)c1. The molecule has 20 heavy (non-hydrogen) atoms. The van der Waals surface area contributed by atoms with Crippen molar-refractivity contribution in [1.29, 1.82) is 0 Å². The fourth-order valence-electron chi connectivity index (χ4n) is 2.24. The first-order valence-corrected chi connectivity index (χ1v) is 6.34. The molecule has 0 aliphatic carbocycles. The third-order valence-electron chi connectivity index (χ3n) is 3.21. The summed E-state index contributed by atoms with van der Waals surface area (Å²) in [5.41, 5.74) is 2.07. The molecular weight excluding hydrogens is 263 g/mol. The Labute approximate surface area is 116 Å². The highest BCUT2D eigenvalue weighted by atomic mass is 19.4. The predicted octanol–water partition coefficient (Wildman–Crippen LogP) is 4.40. The molecule has 0 atom stereocenters. The van der Waals surface area contributed by atoms with Gasteiger partial charge >= 0.3 is 6.18 Å². The normalized spacial score (nSPS) is 11.7. The first kappa shape index (κ1) is 14.6. The maximum absolute atomic E-state index is 13.1. The molecule has 2 rings (SSSR count). The first-order valence-electron chi connectivity index (χ1n) is 6.34. The molecule has 4 heteroatoms. The van der Waals surface area contributed by atoms with Crippen molar-refractivity contribution < 1.29 is 13.2 Å². The van der Waals surface area contributed by atoms with Crippen LogP contribution in [0.15, 0.2) is 42.5 Å². The number of hydrogen-bond acceptors (Lipinski definition) is 1. The number of alkyl halides is 3. The van der Waals surface area contributed by atoms with Gasteiger partial charge in [0.25, 0.3) is 0 Å². The second-order valence-electron chi connectivity index (χ2n) is 4.72. The van der Waals surface area contributed by atoms with Crippen LogP contribution in [0.4, 0.5) is 13.2 Å². The van der Waals surface area contributed by atoms with Gasteiger partial charge in [-0.15, -0.1) is 0 Å². The molecule has 0 unspecified atom stereocenters. The van der Waals surface area contributed by atoms with E-state index >= 15 is 0 Å². The van der Waals surface area contributed by atoms with Gasteiger partial charge in [0.05, 0.1) is 5.56 Å².